The van der Waals surface area contributed by atoms with Gasteiger partial charge in [0.2, 0.25) is 5.75 Å². The van der Waals surface area contributed by atoms with E-state index in [-0.39, 0.29) is 11.8 Å². The molecule has 1 atom stereocenters. The lowest BCUT2D eigenvalue weighted by Gasteiger charge is -2.22. The molecule has 0 radical (unpaired) electrons. The van der Waals surface area contributed by atoms with Crippen molar-refractivity contribution in [3.63, 3.8) is 0 Å². The summed E-state index contributed by atoms with van der Waals surface area (Å²) in [6.07, 6.45) is 1.29. The number of rotatable bonds is 9. The molecule has 1 unspecified atom stereocenters. The predicted octanol–water partition coefficient (Wildman–Crippen LogP) is 1.95. The van der Waals surface area contributed by atoms with Crippen molar-refractivity contribution >= 4 is 17.7 Å². The lowest BCUT2D eigenvalue weighted by Crippen LogP contribution is -2.34. The molecule has 2 N–H and O–H groups in total. The number of hydroxylamine groups is 1. The average Bonchev–Trinajstić information content (AvgIpc) is 2.72. The molecule has 0 saturated carbocycles. The largest absolute Gasteiger partial charge is 0.493 e. The third-order valence-electron chi connectivity index (χ3n) is 4.06. The van der Waals surface area contributed by atoms with E-state index in [1.54, 1.807) is 21.1 Å². The standard InChI is InChI=1S/C19H26N4O6/c1-11(24)23(29-12(2)25-3)19-21-10-14(18(20)22-19)7-13-8-15(26-4)17(28-6)16(9-13)27-5/h8-10,12H,7H2,1-6H3,(H2,20,21,22). The lowest BCUT2D eigenvalue weighted by atomic mass is 10.1. The number of anilines is 2. The van der Waals surface area contributed by atoms with E-state index in [0.29, 0.717) is 29.2 Å². The number of hydrogen-bond acceptors (Lipinski definition) is 9. The Hall–Kier alpha value is -3.11. The number of nitrogen functional groups attached to an aromatic ring is 1. The maximum absolute atomic E-state index is 11.9. The molecule has 10 nitrogen and oxygen atoms in total. The van der Waals surface area contributed by atoms with Gasteiger partial charge in [0.1, 0.15) is 5.82 Å². The van der Waals surface area contributed by atoms with Crippen molar-refractivity contribution in [2.24, 2.45) is 0 Å². The average molecular weight is 406 g/mol. The SMILES string of the molecule is COc1cc(Cc2cnc(N(OC(C)OC)C(C)=O)nc2N)cc(OC)c1OC. The van der Waals surface area contributed by atoms with Gasteiger partial charge in [-0.15, -0.1) is 5.06 Å². The van der Waals surface area contributed by atoms with Crippen molar-refractivity contribution in [3.8, 4) is 17.2 Å². The fraction of sp³-hybridized carbons (Fsp3) is 0.421. The maximum Gasteiger partial charge on any atom is 0.259 e. The normalized spacial score (nSPS) is 11.7. The molecule has 2 rings (SSSR count). The first-order chi connectivity index (χ1) is 13.8. The number of benzene rings is 1. The van der Waals surface area contributed by atoms with Crippen LogP contribution >= 0.6 is 0 Å². The second-order valence-corrected chi connectivity index (χ2v) is 6.01. The molecule has 0 aliphatic carbocycles. The van der Waals surface area contributed by atoms with Crippen LogP contribution in [0.2, 0.25) is 0 Å². The van der Waals surface area contributed by atoms with Crippen molar-refractivity contribution in [2.45, 2.75) is 26.6 Å². The van der Waals surface area contributed by atoms with E-state index in [2.05, 4.69) is 9.97 Å². The summed E-state index contributed by atoms with van der Waals surface area (Å²) >= 11 is 0. The predicted molar refractivity (Wildman–Crippen MR) is 106 cm³/mol. The molecule has 0 bridgehead atoms. The van der Waals surface area contributed by atoms with Gasteiger partial charge in [-0.05, 0) is 24.6 Å². The van der Waals surface area contributed by atoms with Gasteiger partial charge in [-0.25, -0.2) is 9.82 Å². The zero-order valence-electron chi connectivity index (χ0n) is 17.4. The summed E-state index contributed by atoms with van der Waals surface area (Å²) in [4.78, 5) is 25.7. The molecule has 29 heavy (non-hydrogen) atoms. The summed E-state index contributed by atoms with van der Waals surface area (Å²) in [5.74, 6) is 1.38. The van der Waals surface area contributed by atoms with Crippen molar-refractivity contribution in [2.75, 3.05) is 39.2 Å². The number of methoxy groups -OCH3 is 4. The van der Waals surface area contributed by atoms with Crippen LogP contribution in [0.3, 0.4) is 0 Å². The summed E-state index contributed by atoms with van der Waals surface area (Å²) in [6, 6.07) is 3.64. The third-order valence-corrected chi connectivity index (χ3v) is 4.06. The quantitative estimate of drug-likeness (QED) is 0.492. The Morgan fingerprint density at radius 3 is 2.21 bits per heavy atom. The summed E-state index contributed by atoms with van der Waals surface area (Å²) in [7, 11) is 6.09. The third kappa shape index (κ3) is 5.24. The molecule has 0 saturated heterocycles. The van der Waals surface area contributed by atoms with Crippen LogP contribution in [0.4, 0.5) is 11.8 Å². The van der Waals surface area contributed by atoms with Crippen LogP contribution in [0.25, 0.3) is 0 Å². The summed E-state index contributed by atoms with van der Waals surface area (Å²) < 4.78 is 21.1. The number of amides is 1. The Labute approximate surface area is 169 Å². The fourth-order valence-corrected chi connectivity index (χ4v) is 2.56. The summed E-state index contributed by atoms with van der Waals surface area (Å²) in [5.41, 5.74) is 7.62. The highest BCUT2D eigenvalue weighted by Crippen LogP contribution is 2.38. The van der Waals surface area contributed by atoms with Gasteiger partial charge in [0.15, 0.2) is 17.8 Å². The van der Waals surface area contributed by atoms with Crippen LogP contribution in [0.1, 0.15) is 25.0 Å². The van der Waals surface area contributed by atoms with E-state index >= 15 is 0 Å². The van der Waals surface area contributed by atoms with E-state index in [9.17, 15) is 4.79 Å². The van der Waals surface area contributed by atoms with Crippen LogP contribution in [0, 0.1) is 0 Å². The van der Waals surface area contributed by atoms with Gasteiger partial charge in [-0.1, -0.05) is 0 Å². The number of carbonyl (C=O) groups is 1. The monoisotopic (exact) mass is 406 g/mol. The lowest BCUT2D eigenvalue weighted by molar-refractivity contribution is -0.148. The number of hydrogen-bond donors (Lipinski definition) is 1. The minimum atomic E-state index is -0.664. The zero-order valence-corrected chi connectivity index (χ0v) is 17.4. The summed E-state index contributed by atoms with van der Waals surface area (Å²) in [5, 5.41) is 0.938. The molecule has 10 heteroatoms. The second kappa shape index (κ2) is 9.89. The highest BCUT2D eigenvalue weighted by molar-refractivity contribution is 5.87. The van der Waals surface area contributed by atoms with E-state index in [1.165, 1.54) is 27.3 Å². The topological polar surface area (TPSA) is 118 Å². The van der Waals surface area contributed by atoms with E-state index in [0.717, 1.165) is 10.6 Å². The molecule has 1 heterocycles. The van der Waals surface area contributed by atoms with Crippen LogP contribution in [-0.2, 0) is 20.8 Å². The zero-order chi connectivity index (χ0) is 21.6. The van der Waals surface area contributed by atoms with Crippen LogP contribution < -0.4 is 25.0 Å². The van der Waals surface area contributed by atoms with E-state index in [4.69, 9.17) is 29.5 Å². The van der Waals surface area contributed by atoms with Crippen molar-refractivity contribution in [1.82, 2.24) is 9.97 Å². The Balaban J connectivity index is 2.32. The molecule has 1 amide bonds. The minimum Gasteiger partial charge on any atom is -0.493 e. The number of aromatic nitrogens is 2. The van der Waals surface area contributed by atoms with Gasteiger partial charge in [0, 0.05) is 32.2 Å². The Bertz CT molecular complexity index is 836. The van der Waals surface area contributed by atoms with Crippen molar-refractivity contribution in [1.29, 1.82) is 0 Å². The molecule has 1 aromatic carbocycles. The van der Waals surface area contributed by atoms with Gasteiger partial charge in [0.05, 0.1) is 21.3 Å². The Morgan fingerprint density at radius 2 is 1.76 bits per heavy atom. The molecular weight excluding hydrogens is 380 g/mol. The molecule has 1 aromatic heterocycles. The van der Waals surface area contributed by atoms with Gasteiger partial charge in [-0.3, -0.25) is 4.79 Å². The van der Waals surface area contributed by atoms with Gasteiger partial charge >= 0.3 is 0 Å². The number of carbonyl (C=O) groups excluding carboxylic acids is 1. The minimum absolute atomic E-state index is 0.0209. The van der Waals surface area contributed by atoms with Gasteiger partial charge in [-0.2, -0.15) is 4.98 Å². The second-order valence-electron chi connectivity index (χ2n) is 6.01. The Morgan fingerprint density at radius 1 is 1.14 bits per heavy atom. The maximum atomic E-state index is 11.9. The molecule has 0 fully saturated rings. The van der Waals surface area contributed by atoms with Crippen LogP contribution in [0.15, 0.2) is 18.3 Å². The highest BCUT2D eigenvalue weighted by atomic mass is 16.8. The first-order valence-corrected chi connectivity index (χ1v) is 8.75. The van der Waals surface area contributed by atoms with Crippen LogP contribution in [-0.4, -0.2) is 50.6 Å². The first-order valence-electron chi connectivity index (χ1n) is 8.75. The van der Waals surface area contributed by atoms with E-state index in [1.807, 2.05) is 12.1 Å². The highest BCUT2D eigenvalue weighted by Gasteiger charge is 2.21. The van der Waals surface area contributed by atoms with Crippen LogP contribution in [0.5, 0.6) is 17.2 Å². The smallest absolute Gasteiger partial charge is 0.259 e. The van der Waals surface area contributed by atoms with Crippen molar-refractivity contribution in [3.05, 3.63) is 29.5 Å². The molecule has 0 aliphatic heterocycles. The fourth-order valence-electron chi connectivity index (χ4n) is 2.56. The van der Waals surface area contributed by atoms with E-state index < -0.39 is 12.2 Å². The van der Waals surface area contributed by atoms with Crippen molar-refractivity contribution < 1.29 is 28.6 Å². The molecule has 158 valence electrons. The first kappa shape index (κ1) is 22.2. The Kier molecular flexibility index (Phi) is 7.57. The van der Waals surface area contributed by atoms with Gasteiger partial charge < -0.3 is 24.7 Å². The number of nitrogens with zero attached hydrogens (tertiary/aromatic N) is 3. The number of ether oxygens (including phenoxy) is 4. The van der Waals surface area contributed by atoms with Gasteiger partial charge in [0.25, 0.3) is 11.9 Å². The molecule has 2 aromatic rings. The summed E-state index contributed by atoms with van der Waals surface area (Å²) in [6.45, 7) is 2.96. The molecule has 0 spiro atoms. The molecular formula is C19H26N4O6. The number of nitrogens with two attached hydrogens (primary N) is 1. The molecule has 0 aliphatic rings.